The summed E-state index contributed by atoms with van der Waals surface area (Å²) in [4.78, 5) is 72.5. The van der Waals surface area contributed by atoms with Gasteiger partial charge in [-0.05, 0) is 37.5 Å². The van der Waals surface area contributed by atoms with Crippen LogP contribution in [0.1, 0.15) is 356 Å². The zero-order chi connectivity index (χ0) is 65.7. The number of carbonyl (C=O) groups is 4. The summed E-state index contributed by atoms with van der Waals surface area (Å²) in [5, 5.41) is 10.6. The monoisotopic (exact) mass is 1310 g/mol. The van der Waals surface area contributed by atoms with Crippen molar-refractivity contribution in [2.75, 3.05) is 39.6 Å². The van der Waals surface area contributed by atoms with Crippen molar-refractivity contribution < 1.29 is 80.2 Å². The van der Waals surface area contributed by atoms with Crippen molar-refractivity contribution in [2.45, 2.75) is 374 Å². The van der Waals surface area contributed by atoms with E-state index in [2.05, 4.69) is 41.5 Å². The summed E-state index contributed by atoms with van der Waals surface area (Å²) >= 11 is 0. The Kier molecular flexibility index (Phi) is 60.8. The molecule has 0 aliphatic heterocycles. The fraction of sp³-hybridized carbons (Fsp3) is 0.943. The summed E-state index contributed by atoms with van der Waals surface area (Å²) in [5.74, 6) is -0.614. The lowest BCUT2D eigenvalue weighted by Gasteiger charge is -2.21. The van der Waals surface area contributed by atoms with Crippen LogP contribution in [0.4, 0.5) is 0 Å². The van der Waals surface area contributed by atoms with Gasteiger partial charge in [-0.3, -0.25) is 37.3 Å². The Hall–Kier alpha value is -1.94. The van der Waals surface area contributed by atoms with E-state index in [9.17, 15) is 43.2 Å². The van der Waals surface area contributed by atoms with Crippen LogP contribution in [-0.4, -0.2) is 96.7 Å². The van der Waals surface area contributed by atoms with Gasteiger partial charge < -0.3 is 33.8 Å². The molecule has 17 nitrogen and oxygen atoms in total. The van der Waals surface area contributed by atoms with Crippen molar-refractivity contribution in [1.82, 2.24) is 0 Å². The summed E-state index contributed by atoms with van der Waals surface area (Å²) in [7, 11) is -9.90. The highest BCUT2D eigenvalue weighted by molar-refractivity contribution is 7.47. The number of hydrogen-bond acceptors (Lipinski definition) is 15. The van der Waals surface area contributed by atoms with Crippen molar-refractivity contribution >= 4 is 39.5 Å². The average Bonchev–Trinajstić information content (AvgIpc) is 3.71. The van der Waals surface area contributed by atoms with Crippen molar-refractivity contribution in [3.63, 3.8) is 0 Å². The summed E-state index contributed by atoms with van der Waals surface area (Å²) in [5.41, 5.74) is 0. The minimum Gasteiger partial charge on any atom is -0.462 e. The quantitative estimate of drug-likeness (QED) is 0.0222. The first-order valence-electron chi connectivity index (χ1n) is 36.5. The van der Waals surface area contributed by atoms with E-state index in [1.165, 1.54) is 167 Å². The second kappa shape index (κ2) is 62.2. The highest BCUT2D eigenvalue weighted by atomic mass is 31.2. The third kappa shape index (κ3) is 63.2. The maximum absolute atomic E-state index is 13.0. The average molecular weight is 1310 g/mol. The number of aliphatic hydroxyl groups is 1. The lowest BCUT2D eigenvalue weighted by molar-refractivity contribution is -0.161. The smallest absolute Gasteiger partial charge is 0.462 e. The van der Waals surface area contributed by atoms with Crippen LogP contribution < -0.4 is 0 Å². The molecular formula is C70H136O17P2. The van der Waals surface area contributed by atoms with Gasteiger partial charge in [-0.1, -0.05) is 305 Å². The van der Waals surface area contributed by atoms with Gasteiger partial charge >= 0.3 is 39.5 Å². The Morgan fingerprint density at radius 1 is 0.326 bits per heavy atom. The third-order valence-electron chi connectivity index (χ3n) is 16.6. The van der Waals surface area contributed by atoms with Crippen molar-refractivity contribution in [3.8, 4) is 0 Å². The molecule has 0 saturated carbocycles. The normalized spacial score (nSPS) is 14.4. The van der Waals surface area contributed by atoms with Gasteiger partial charge in [0.15, 0.2) is 12.2 Å². The molecule has 0 spiro atoms. The maximum atomic E-state index is 13.0. The molecule has 0 fully saturated rings. The number of carbonyl (C=O) groups excluding carboxylic acids is 4. The molecule has 6 atom stereocenters. The Morgan fingerprint density at radius 2 is 0.573 bits per heavy atom. The number of esters is 4. The lowest BCUT2D eigenvalue weighted by Crippen LogP contribution is -2.30. The molecule has 0 aromatic rings. The second-order valence-corrected chi connectivity index (χ2v) is 28.9. The van der Waals surface area contributed by atoms with E-state index in [0.717, 1.165) is 108 Å². The standard InChI is InChI=1S/C70H136O17P2/c1-7-10-12-14-16-18-19-20-21-22-23-24-25-28-36-42-48-54-69(74)86-66(59-81-68(73)53-47-41-35-29-26-27-32-38-44-50-62(4)5)61-85-89(78,79)83-57-64(71)56-82-88(76,77)84-60-65(58-80-67(72)52-46-40-34-17-15-13-11-8-2)87-70(75)55-49-43-37-31-30-33-39-45-51-63(6)9-3/h62-66,71H,7-61H2,1-6H3,(H,76,77)(H,78,79)/t63?,64-,65+,66+/m0/s1. The van der Waals surface area contributed by atoms with Crippen molar-refractivity contribution in [3.05, 3.63) is 0 Å². The number of unbranched alkanes of at least 4 members (excludes halogenated alkanes) is 38. The predicted molar refractivity (Wildman–Crippen MR) is 358 cm³/mol. The molecule has 0 aliphatic rings. The topological polar surface area (TPSA) is 237 Å². The van der Waals surface area contributed by atoms with Crippen LogP contribution in [0.15, 0.2) is 0 Å². The molecule has 0 aliphatic carbocycles. The van der Waals surface area contributed by atoms with Crippen LogP contribution in [0.2, 0.25) is 0 Å². The van der Waals surface area contributed by atoms with E-state index in [1.54, 1.807) is 0 Å². The first kappa shape index (κ1) is 87.1. The Bertz CT molecular complexity index is 1740. The molecule has 0 aromatic carbocycles. The van der Waals surface area contributed by atoms with Gasteiger partial charge in [-0.15, -0.1) is 0 Å². The first-order chi connectivity index (χ1) is 42.9. The van der Waals surface area contributed by atoms with Crippen LogP contribution in [-0.2, 0) is 65.4 Å². The van der Waals surface area contributed by atoms with Gasteiger partial charge in [0, 0.05) is 25.7 Å². The zero-order valence-corrected chi connectivity index (χ0v) is 59.5. The van der Waals surface area contributed by atoms with Crippen LogP contribution in [0.5, 0.6) is 0 Å². The number of aliphatic hydroxyl groups excluding tert-OH is 1. The van der Waals surface area contributed by atoms with Gasteiger partial charge in [-0.2, -0.15) is 0 Å². The molecule has 0 saturated heterocycles. The summed E-state index contributed by atoms with van der Waals surface area (Å²) in [6, 6.07) is 0. The number of phosphoric acid groups is 2. The van der Waals surface area contributed by atoms with Gasteiger partial charge in [-0.25, -0.2) is 9.13 Å². The Balaban J connectivity index is 5.22. The third-order valence-corrected chi connectivity index (χ3v) is 18.5. The van der Waals surface area contributed by atoms with Crippen molar-refractivity contribution in [2.24, 2.45) is 11.8 Å². The molecule has 3 unspecified atom stereocenters. The maximum Gasteiger partial charge on any atom is 0.472 e. The fourth-order valence-electron chi connectivity index (χ4n) is 10.6. The molecule has 528 valence electrons. The highest BCUT2D eigenvalue weighted by Crippen LogP contribution is 2.45. The summed E-state index contributed by atoms with van der Waals surface area (Å²) in [6.07, 6.45) is 47.2. The molecular weight excluding hydrogens is 1170 g/mol. The zero-order valence-electron chi connectivity index (χ0n) is 57.7. The number of rotatable bonds is 69. The predicted octanol–water partition coefficient (Wildman–Crippen LogP) is 20.0. The lowest BCUT2D eigenvalue weighted by atomic mass is 9.99. The minimum atomic E-state index is -4.95. The molecule has 0 radical (unpaired) electrons. The van der Waals surface area contributed by atoms with Gasteiger partial charge in [0.1, 0.15) is 19.3 Å². The molecule has 0 amide bonds. The number of hydrogen-bond donors (Lipinski definition) is 3. The largest absolute Gasteiger partial charge is 0.472 e. The van der Waals surface area contributed by atoms with Crippen molar-refractivity contribution in [1.29, 1.82) is 0 Å². The summed E-state index contributed by atoms with van der Waals surface area (Å²) < 4.78 is 68.2. The van der Waals surface area contributed by atoms with E-state index in [0.29, 0.717) is 25.7 Å². The molecule has 0 bridgehead atoms. The van der Waals surface area contributed by atoms with Crippen LogP contribution in [0, 0.1) is 11.8 Å². The van der Waals surface area contributed by atoms with E-state index < -0.39 is 97.5 Å². The molecule has 0 rings (SSSR count). The van der Waals surface area contributed by atoms with E-state index in [-0.39, 0.29) is 25.7 Å². The molecule has 19 heteroatoms. The molecule has 0 heterocycles. The second-order valence-electron chi connectivity index (χ2n) is 26.0. The highest BCUT2D eigenvalue weighted by Gasteiger charge is 2.30. The van der Waals surface area contributed by atoms with Crippen LogP contribution >= 0.6 is 15.6 Å². The minimum absolute atomic E-state index is 0.105. The summed E-state index contributed by atoms with van der Waals surface area (Å²) in [6.45, 7) is 9.50. The SMILES string of the molecule is CCCCCCCCCCCCCCCCCCCC(=O)O[C@H](COC(=O)CCCCCCCCCCCC(C)C)COP(=O)(O)OC[C@@H](O)COP(=O)(O)OC[C@@H](COC(=O)CCCCCCCCCC)OC(=O)CCCCCCCCCCC(C)CC. The van der Waals surface area contributed by atoms with Crippen LogP contribution in [0.25, 0.3) is 0 Å². The van der Waals surface area contributed by atoms with E-state index >= 15 is 0 Å². The van der Waals surface area contributed by atoms with E-state index in [1.807, 2.05) is 0 Å². The van der Waals surface area contributed by atoms with Gasteiger partial charge in [0.2, 0.25) is 0 Å². The number of phosphoric ester groups is 2. The fourth-order valence-corrected chi connectivity index (χ4v) is 12.1. The molecule has 3 N–H and O–H groups in total. The molecule has 89 heavy (non-hydrogen) atoms. The molecule has 0 aromatic heterocycles. The van der Waals surface area contributed by atoms with Gasteiger partial charge in [0.05, 0.1) is 26.4 Å². The van der Waals surface area contributed by atoms with Gasteiger partial charge in [0.25, 0.3) is 0 Å². The Morgan fingerprint density at radius 3 is 0.854 bits per heavy atom. The van der Waals surface area contributed by atoms with Crippen LogP contribution in [0.3, 0.4) is 0 Å². The number of ether oxygens (including phenoxy) is 4. The van der Waals surface area contributed by atoms with E-state index in [4.69, 9.17) is 37.0 Å². The Labute approximate surface area is 543 Å². The first-order valence-corrected chi connectivity index (χ1v) is 39.5.